The monoisotopic (exact) mass is 368 g/mol. The molecular weight excluding hydrogens is 344 g/mol. The molecule has 0 saturated heterocycles. The molecule has 2 amide bonds. The molecule has 136 valence electrons. The van der Waals surface area contributed by atoms with Crippen molar-refractivity contribution in [2.75, 3.05) is 11.9 Å². The third kappa shape index (κ3) is 5.63. The summed E-state index contributed by atoms with van der Waals surface area (Å²) in [5, 5.41) is 6.38. The number of hydrogen-bond acceptors (Lipinski definition) is 3. The van der Waals surface area contributed by atoms with Crippen molar-refractivity contribution in [3.05, 3.63) is 60.2 Å². The van der Waals surface area contributed by atoms with Crippen molar-refractivity contribution in [1.82, 2.24) is 5.32 Å². The number of anilines is 1. The maximum Gasteiger partial charge on any atom is 0.251 e. The molecular formula is C21H24N2O2S. The van der Waals surface area contributed by atoms with E-state index in [0.29, 0.717) is 12.1 Å². The van der Waals surface area contributed by atoms with Gasteiger partial charge >= 0.3 is 0 Å². The van der Waals surface area contributed by atoms with E-state index in [2.05, 4.69) is 22.8 Å². The average molecular weight is 369 g/mol. The Hall–Kier alpha value is -2.27. The number of carbonyl (C=O) groups excluding carboxylic acids is 2. The molecule has 0 bridgehead atoms. The molecule has 1 fully saturated rings. The Balaban J connectivity index is 1.39. The zero-order valence-corrected chi connectivity index (χ0v) is 15.6. The lowest BCUT2D eigenvalue weighted by Crippen LogP contribution is -2.27. The molecule has 2 aromatic carbocycles. The summed E-state index contributed by atoms with van der Waals surface area (Å²) in [6, 6.07) is 17.0. The highest BCUT2D eigenvalue weighted by molar-refractivity contribution is 8.00. The van der Waals surface area contributed by atoms with Crippen LogP contribution in [0.4, 0.5) is 5.69 Å². The lowest BCUT2D eigenvalue weighted by molar-refractivity contribution is -0.116. The van der Waals surface area contributed by atoms with Gasteiger partial charge in [-0.15, -0.1) is 11.8 Å². The van der Waals surface area contributed by atoms with Crippen LogP contribution in [0.1, 0.15) is 42.5 Å². The lowest BCUT2D eigenvalue weighted by Gasteiger charge is -2.10. The smallest absolute Gasteiger partial charge is 0.251 e. The van der Waals surface area contributed by atoms with Gasteiger partial charge in [0, 0.05) is 34.4 Å². The van der Waals surface area contributed by atoms with Crippen LogP contribution in [0, 0.1) is 0 Å². The standard InChI is InChI=1S/C21H24N2O2S/c24-20(14-15-22-21(25)16-6-2-1-3-7-16)23-17-10-12-19(13-11-17)26-18-8-4-5-9-18/h1-3,6-7,10-13,18H,4-5,8-9,14-15H2,(H,22,25)(H,23,24). The molecule has 5 heteroatoms. The highest BCUT2D eigenvalue weighted by atomic mass is 32.2. The van der Waals surface area contributed by atoms with E-state index in [1.165, 1.54) is 30.6 Å². The van der Waals surface area contributed by atoms with Gasteiger partial charge in [0.05, 0.1) is 0 Å². The minimum atomic E-state index is -0.160. The van der Waals surface area contributed by atoms with Crippen molar-refractivity contribution in [2.24, 2.45) is 0 Å². The van der Waals surface area contributed by atoms with Crippen molar-refractivity contribution in [3.63, 3.8) is 0 Å². The predicted molar refractivity (Wildman–Crippen MR) is 107 cm³/mol. The van der Waals surface area contributed by atoms with Gasteiger partial charge in [-0.1, -0.05) is 31.0 Å². The van der Waals surface area contributed by atoms with E-state index in [1.807, 2.05) is 42.1 Å². The zero-order chi connectivity index (χ0) is 18.2. The first kappa shape index (κ1) is 18.5. The van der Waals surface area contributed by atoms with Crippen LogP contribution in [-0.4, -0.2) is 23.6 Å². The van der Waals surface area contributed by atoms with Gasteiger partial charge in [0.2, 0.25) is 5.91 Å². The van der Waals surface area contributed by atoms with E-state index in [1.54, 1.807) is 12.1 Å². The van der Waals surface area contributed by atoms with Crippen LogP contribution in [0.5, 0.6) is 0 Å². The number of benzene rings is 2. The third-order valence-corrected chi connectivity index (χ3v) is 5.77. The fraction of sp³-hybridized carbons (Fsp3) is 0.333. The summed E-state index contributed by atoms with van der Waals surface area (Å²) in [5.41, 5.74) is 1.39. The molecule has 1 aliphatic rings. The largest absolute Gasteiger partial charge is 0.352 e. The quantitative estimate of drug-likeness (QED) is 0.757. The number of thioether (sulfide) groups is 1. The number of hydrogen-bond donors (Lipinski definition) is 2. The molecule has 1 aliphatic carbocycles. The van der Waals surface area contributed by atoms with Gasteiger partial charge in [0.15, 0.2) is 0 Å². The van der Waals surface area contributed by atoms with Crippen LogP contribution in [0.25, 0.3) is 0 Å². The maximum absolute atomic E-state index is 12.0. The van der Waals surface area contributed by atoms with Crippen LogP contribution in [0.2, 0.25) is 0 Å². The molecule has 0 unspecified atom stereocenters. The Morgan fingerprint density at radius 1 is 0.962 bits per heavy atom. The number of nitrogens with one attached hydrogen (secondary N) is 2. The van der Waals surface area contributed by atoms with Crippen LogP contribution in [0.15, 0.2) is 59.5 Å². The first-order valence-corrected chi connectivity index (χ1v) is 9.98. The molecule has 26 heavy (non-hydrogen) atoms. The molecule has 2 N–H and O–H groups in total. The van der Waals surface area contributed by atoms with Gasteiger partial charge in [0.25, 0.3) is 5.91 Å². The minimum absolute atomic E-state index is 0.102. The van der Waals surface area contributed by atoms with Crippen molar-refractivity contribution in [1.29, 1.82) is 0 Å². The molecule has 0 radical (unpaired) electrons. The predicted octanol–water partition coefficient (Wildman–Crippen LogP) is 4.48. The first-order valence-electron chi connectivity index (χ1n) is 9.10. The minimum Gasteiger partial charge on any atom is -0.352 e. The molecule has 4 nitrogen and oxygen atoms in total. The lowest BCUT2D eigenvalue weighted by atomic mass is 10.2. The summed E-state index contributed by atoms with van der Waals surface area (Å²) < 4.78 is 0. The average Bonchev–Trinajstić information content (AvgIpc) is 3.17. The van der Waals surface area contributed by atoms with Crippen molar-refractivity contribution in [2.45, 2.75) is 42.2 Å². The van der Waals surface area contributed by atoms with Crippen LogP contribution < -0.4 is 10.6 Å². The van der Waals surface area contributed by atoms with Gasteiger partial charge in [0.1, 0.15) is 0 Å². The summed E-state index contributed by atoms with van der Waals surface area (Å²) in [4.78, 5) is 25.2. The van der Waals surface area contributed by atoms with E-state index >= 15 is 0 Å². The molecule has 0 aliphatic heterocycles. The van der Waals surface area contributed by atoms with Crippen LogP contribution in [0.3, 0.4) is 0 Å². The molecule has 3 rings (SSSR count). The van der Waals surface area contributed by atoms with Crippen molar-refractivity contribution >= 4 is 29.3 Å². The van der Waals surface area contributed by atoms with E-state index in [9.17, 15) is 9.59 Å². The number of amides is 2. The second-order valence-electron chi connectivity index (χ2n) is 6.47. The van der Waals surface area contributed by atoms with Crippen LogP contribution in [-0.2, 0) is 4.79 Å². The van der Waals surface area contributed by atoms with E-state index in [-0.39, 0.29) is 18.2 Å². The summed E-state index contributed by atoms with van der Waals surface area (Å²) in [6.07, 6.45) is 5.53. The van der Waals surface area contributed by atoms with Gasteiger partial charge in [-0.2, -0.15) is 0 Å². The summed E-state index contributed by atoms with van der Waals surface area (Å²) >= 11 is 1.93. The Labute approximate surface area is 158 Å². The fourth-order valence-electron chi connectivity index (χ4n) is 3.02. The Morgan fingerprint density at radius 3 is 2.35 bits per heavy atom. The summed E-state index contributed by atoms with van der Waals surface area (Å²) in [6.45, 7) is 0.315. The van der Waals surface area contributed by atoms with E-state index in [0.717, 1.165) is 10.9 Å². The van der Waals surface area contributed by atoms with Gasteiger partial charge in [-0.05, 0) is 49.2 Å². The summed E-state index contributed by atoms with van der Waals surface area (Å²) in [7, 11) is 0. The first-order chi connectivity index (χ1) is 12.7. The Morgan fingerprint density at radius 2 is 1.65 bits per heavy atom. The Bertz CT molecular complexity index is 725. The van der Waals surface area contributed by atoms with Crippen LogP contribution >= 0.6 is 11.8 Å². The topological polar surface area (TPSA) is 58.2 Å². The zero-order valence-electron chi connectivity index (χ0n) is 14.7. The number of carbonyl (C=O) groups is 2. The SMILES string of the molecule is O=C(CCNC(=O)c1ccccc1)Nc1ccc(SC2CCCC2)cc1. The number of rotatable bonds is 7. The normalized spacial score (nSPS) is 14.2. The van der Waals surface area contributed by atoms with Gasteiger partial charge in [-0.25, -0.2) is 0 Å². The van der Waals surface area contributed by atoms with Crippen molar-refractivity contribution in [3.8, 4) is 0 Å². The molecule has 0 heterocycles. The molecule has 0 atom stereocenters. The Kier molecular flexibility index (Phi) is 6.72. The molecule has 1 saturated carbocycles. The van der Waals surface area contributed by atoms with Gasteiger partial charge in [-0.3, -0.25) is 9.59 Å². The van der Waals surface area contributed by atoms with Gasteiger partial charge < -0.3 is 10.6 Å². The molecule has 0 spiro atoms. The third-order valence-electron chi connectivity index (χ3n) is 4.42. The second-order valence-corrected chi connectivity index (χ2v) is 7.84. The summed E-state index contributed by atoms with van der Waals surface area (Å²) in [5.74, 6) is -0.263. The molecule has 0 aromatic heterocycles. The van der Waals surface area contributed by atoms with E-state index in [4.69, 9.17) is 0 Å². The highest BCUT2D eigenvalue weighted by Crippen LogP contribution is 2.34. The highest BCUT2D eigenvalue weighted by Gasteiger charge is 2.16. The van der Waals surface area contributed by atoms with E-state index < -0.39 is 0 Å². The second kappa shape index (κ2) is 9.43. The maximum atomic E-state index is 12.0. The van der Waals surface area contributed by atoms with Crippen molar-refractivity contribution < 1.29 is 9.59 Å². The fourth-order valence-corrected chi connectivity index (χ4v) is 4.27. The molecule has 2 aromatic rings.